The SMILES string of the molecule is C[C@H](Nc1cncc(C(N)=O)n1)c1ccc(OC(F)(F)F)cc1. The molecule has 1 aromatic heterocycles. The van der Waals surface area contributed by atoms with Gasteiger partial charge in [-0.15, -0.1) is 13.2 Å². The van der Waals surface area contributed by atoms with Gasteiger partial charge in [-0.3, -0.25) is 9.78 Å². The van der Waals surface area contributed by atoms with Crippen molar-refractivity contribution in [3.63, 3.8) is 0 Å². The van der Waals surface area contributed by atoms with Crippen LogP contribution in [0.4, 0.5) is 19.0 Å². The molecule has 0 spiro atoms. The van der Waals surface area contributed by atoms with Crippen LogP contribution >= 0.6 is 0 Å². The molecule has 3 N–H and O–H groups in total. The Hall–Kier alpha value is -2.84. The number of halogens is 3. The maximum absolute atomic E-state index is 12.1. The van der Waals surface area contributed by atoms with Crippen LogP contribution in [0.15, 0.2) is 36.7 Å². The first-order valence-corrected chi connectivity index (χ1v) is 6.49. The van der Waals surface area contributed by atoms with Gasteiger partial charge in [0.2, 0.25) is 0 Å². The third-order valence-electron chi connectivity index (χ3n) is 2.87. The van der Waals surface area contributed by atoms with Crippen LogP contribution in [0, 0.1) is 0 Å². The lowest BCUT2D eigenvalue weighted by Crippen LogP contribution is -2.17. The van der Waals surface area contributed by atoms with Gasteiger partial charge in [0, 0.05) is 6.04 Å². The number of primary amides is 1. The highest BCUT2D eigenvalue weighted by molar-refractivity contribution is 5.90. The molecule has 2 rings (SSSR count). The zero-order chi connectivity index (χ0) is 17.0. The summed E-state index contributed by atoms with van der Waals surface area (Å²) in [5.41, 5.74) is 5.83. The Morgan fingerprint density at radius 2 is 1.91 bits per heavy atom. The normalized spacial score (nSPS) is 12.5. The van der Waals surface area contributed by atoms with Crippen molar-refractivity contribution in [2.75, 3.05) is 5.32 Å². The van der Waals surface area contributed by atoms with Crippen molar-refractivity contribution in [2.45, 2.75) is 19.3 Å². The standard InChI is InChI=1S/C14H13F3N4O2/c1-8(20-12-7-19-6-11(21-12)13(18)22)9-2-4-10(5-3-9)23-14(15,16)17/h2-8H,1H3,(H2,18,22)(H,20,21)/t8-/m0/s1. The molecule has 1 aromatic carbocycles. The summed E-state index contributed by atoms with van der Waals surface area (Å²) >= 11 is 0. The first-order chi connectivity index (χ1) is 10.7. The maximum Gasteiger partial charge on any atom is 0.573 e. The van der Waals surface area contributed by atoms with Crippen LogP contribution in [0.1, 0.15) is 29.0 Å². The fourth-order valence-corrected chi connectivity index (χ4v) is 1.82. The molecule has 1 amide bonds. The minimum absolute atomic E-state index is 0.0103. The van der Waals surface area contributed by atoms with Crippen LogP contribution < -0.4 is 15.8 Å². The van der Waals surface area contributed by atoms with Crippen LogP contribution in [0.2, 0.25) is 0 Å². The predicted molar refractivity (Wildman–Crippen MR) is 75.7 cm³/mol. The molecule has 0 bridgehead atoms. The summed E-state index contributed by atoms with van der Waals surface area (Å²) in [4.78, 5) is 18.9. The van der Waals surface area contributed by atoms with Gasteiger partial charge >= 0.3 is 6.36 Å². The summed E-state index contributed by atoms with van der Waals surface area (Å²) < 4.78 is 40.1. The molecule has 0 aliphatic heterocycles. The molecule has 1 heterocycles. The number of benzene rings is 1. The predicted octanol–water partition coefficient (Wildman–Crippen LogP) is 2.65. The zero-order valence-corrected chi connectivity index (χ0v) is 12.0. The number of aromatic nitrogens is 2. The second-order valence-electron chi connectivity index (χ2n) is 4.64. The van der Waals surface area contributed by atoms with E-state index in [1.165, 1.54) is 36.7 Å². The van der Waals surface area contributed by atoms with Crippen molar-refractivity contribution in [1.29, 1.82) is 0 Å². The molecule has 23 heavy (non-hydrogen) atoms. The summed E-state index contributed by atoms with van der Waals surface area (Å²) in [6.07, 6.45) is -2.08. The summed E-state index contributed by atoms with van der Waals surface area (Å²) in [5.74, 6) is -0.684. The smallest absolute Gasteiger partial charge is 0.406 e. The van der Waals surface area contributed by atoms with E-state index in [-0.39, 0.29) is 17.5 Å². The summed E-state index contributed by atoms with van der Waals surface area (Å²) in [5, 5.41) is 2.98. The highest BCUT2D eigenvalue weighted by atomic mass is 19.4. The lowest BCUT2D eigenvalue weighted by atomic mass is 10.1. The van der Waals surface area contributed by atoms with Gasteiger partial charge in [0.25, 0.3) is 5.91 Å². The van der Waals surface area contributed by atoms with E-state index >= 15 is 0 Å². The van der Waals surface area contributed by atoms with Gasteiger partial charge in [0.05, 0.1) is 12.4 Å². The fraction of sp³-hybridized carbons (Fsp3) is 0.214. The minimum Gasteiger partial charge on any atom is -0.406 e. The average molecular weight is 326 g/mol. The molecule has 0 aliphatic rings. The molecule has 0 saturated heterocycles. The van der Waals surface area contributed by atoms with Crippen LogP contribution in [0.5, 0.6) is 5.75 Å². The number of nitrogens with one attached hydrogen (secondary N) is 1. The number of hydrogen-bond donors (Lipinski definition) is 2. The molecule has 122 valence electrons. The van der Waals surface area contributed by atoms with Crippen molar-refractivity contribution in [2.24, 2.45) is 5.73 Å². The van der Waals surface area contributed by atoms with E-state index in [4.69, 9.17) is 5.73 Å². The van der Waals surface area contributed by atoms with E-state index in [0.29, 0.717) is 11.4 Å². The Balaban J connectivity index is 2.07. The lowest BCUT2D eigenvalue weighted by Gasteiger charge is -2.16. The maximum atomic E-state index is 12.1. The average Bonchev–Trinajstić information content (AvgIpc) is 2.46. The molecule has 2 aromatic rings. The Morgan fingerprint density at radius 3 is 2.48 bits per heavy atom. The first kappa shape index (κ1) is 16.5. The molecule has 0 saturated carbocycles. The van der Waals surface area contributed by atoms with Gasteiger partial charge in [-0.2, -0.15) is 0 Å². The topological polar surface area (TPSA) is 90.1 Å². The molecule has 1 atom stereocenters. The molecule has 9 heteroatoms. The molecule has 0 aliphatic carbocycles. The van der Waals surface area contributed by atoms with Crippen molar-refractivity contribution in [3.05, 3.63) is 47.9 Å². The number of amides is 1. The van der Waals surface area contributed by atoms with Crippen LogP contribution in [-0.2, 0) is 0 Å². The summed E-state index contributed by atoms with van der Waals surface area (Å²) in [6.45, 7) is 1.78. The number of hydrogen-bond acceptors (Lipinski definition) is 5. The molecular weight excluding hydrogens is 313 g/mol. The molecule has 0 unspecified atom stereocenters. The van der Waals surface area contributed by atoms with Gasteiger partial charge in [-0.1, -0.05) is 12.1 Å². The Labute approximate surface area is 129 Å². The number of carbonyl (C=O) groups is 1. The molecular formula is C14H13F3N4O2. The third kappa shape index (κ3) is 4.83. The van der Waals surface area contributed by atoms with E-state index in [0.717, 1.165) is 0 Å². The Morgan fingerprint density at radius 1 is 1.26 bits per heavy atom. The van der Waals surface area contributed by atoms with Gasteiger partial charge < -0.3 is 15.8 Å². The minimum atomic E-state index is -4.73. The van der Waals surface area contributed by atoms with E-state index in [9.17, 15) is 18.0 Å². The van der Waals surface area contributed by atoms with Gasteiger partial charge in [0.15, 0.2) is 0 Å². The fourth-order valence-electron chi connectivity index (χ4n) is 1.82. The zero-order valence-electron chi connectivity index (χ0n) is 12.0. The second-order valence-corrected chi connectivity index (χ2v) is 4.64. The largest absolute Gasteiger partial charge is 0.573 e. The molecule has 0 fully saturated rings. The van der Waals surface area contributed by atoms with E-state index in [1.54, 1.807) is 6.92 Å². The first-order valence-electron chi connectivity index (χ1n) is 6.49. The number of carbonyl (C=O) groups excluding carboxylic acids is 1. The van der Waals surface area contributed by atoms with Gasteiger partial charge in [-0.25, -0.2) is 4.98 Å². The third-order valence-corrected chi connectivity index (χ3v) is 2.87. The van der Waals surface area contributed by atoms with Crippen molar-refractivity contribution >= 4 is 11.7 Å². The monoisotopic (exact) mass is 326 g/mol. The number of nitrogens with two attached hydrogens (primary N) is 1. The lowest BCUT2D eigenvalue weighted by molar-refractivity contribution is -0.274. The number of nitrogens with zero attached hydrogens (tertiary/aromatic N) is 2. The van der Waals surface area contributed by atoms with Crippen LogP contribution in [0.3, 0.4) is 0 Å². The Bertz CT molecular complexity index is 689. The van der Waals surface area contributed by atoms with Crippen molar-refractivity contribution < 1.29 is 22.7 Å². The van der Waals surface area contributed by atoms with Crippen LogP contribution in [-0.4, -0.2) is 22.2 Å². The van der Waals surface area contributed by atoms with Gasteiger partial charge in [-0.05, 0) is 24.6 Å². The number of ether oxygens (including phenoxy) is 1. The number of rotatable bonds is 5. The summed E-state index contributed by atoms with van der Waals surface area (Å²) in [7, 11) is 0. The van der Waals surface area contributed by atoms with Gasteiger partial charge in [0.1, 0.15) is 17.3 Å². The quantitative estimate of drug-likeness (QED) is 0.881. The number of anilines is 1. The van der Waals surface area contributed by atoms with E-state index < -0.39 is 12.3 Å². The Kier molecular flexibility index (Phi) is 4.68. The molecule has 6 nitrogen and oxygen atoms in total. The highest BCUT2D eigenvalue weighted by Crippen LogP contribution is 2.25. The molecule has 0 radical (unpaired) electrons. The van der Waals surface area contributed by atoms with Crippen molar-refractivity contribution in [3.8, 4) is 5.75 Å². The summed E-state index contributed by atoms with van der Waals surface area (Å²) in [6, 6.07) is 5.13. The van der Waals surface area contributed by atoms with Crippen molar-refractivity contribution in [1.82, 2.24) is 9.97 Å². The number of alkyl halides is 3. The van der Waals surface area contributed by atoms with Crippen LogP contribution in [0.25, 0.3) is 0 Å². The highest BCUT2D eigenvalue weighted by Gasteiger charge is 2.31. The van der Waals surface area contributed by atoms with E-state index in [2.05, 4.69) is 20.0 Å². The van der Waals surface area contributed by atoms with E-state index in [1.807, 2.05) is 0 Å². The second kappa shape index (κ2) is 6.51.